The van der Waals surface area contributed by atoms with Crippen molar-refractivity contribution in [3.8, 4) is 0 Å². The van der Waals surface area contributed by atoms with Crippen LogP contribution in [0.5, 0.6) is 0 Å². The standard InChI is InChI=1S/C4H10O3S/c1-3-4(2)8(5,6)7/h4H,3H2,1-2H3,(H,5,6,7)/p-1. The van der Waals surface area contributed by atoms with Gasteiger partial charge >= 0.3 is 0 Å². The van der Waals surface area contributed by atoms with Crippen molar-refractivity contribution in [2.45, 2.75) is 25.5 Å². The second kappa shape index (κ2) is 2.46. The van der Waals surface area contributed by atoms with E-state index in [1.807, 2.05) is 0 Å². The summed E-state index contributed by atoms with van der Waals surface area (Å²) in [7, 11) is -4.00. The summed E-state index contributed by atoms with van der Waals surface area (Å²) in [6.45, 7) is 3.07. The molecule has 50 valence electrons. The molecule has 0 spiro atoms. The summed E-state index contributed by atoms with van der Waals surface area (Å²) < 4.78 is 30.0. The van der Waals surface area contributed by atoms with Gasteiger partial charge in [0.1, 0.15) is 0 Å². The van der Waals surface area contributed by atoms with E-state index in [-0.39, 0.29) is 0 Å². The Hall–Kier alpha value is -0.0900. The summed E-state index contributed by atoms with van der Waals surface area (Å²) in [4.78, 5) is 0. The van der Waals surface area contributed by atoms with E-state index >= 15 is 0 Å². The van der Waals surface area contributed by atoms with Gasteiger partial charge in [-0.3, -0.25) is 0 Å². The third kappa shape index (κ3) is 2.28. The Morgan fingerprint density at radius 1 is 1.62 bits per heavy atom. The van der Waals surface area contributed by atoms with Crippen LogP contribution in [0.1, 0.15) is 20.3 Å². The molecule has 0 N–H and O–H groups in total. The van der Waals surface area contributed by atoms with Gasteiger partial charge in [-0.15, -0.1) is 0 Å². The second-order valence-corrected chi connectivity index (χ2v) is 3.50. The lowest BCUT2D eigenvalue weighted by atomic mass is 10.4. The minimum Gasteiger partial charge on any atom is -0.748 e. The molecule has 1 atom stereocenters. The monoisotopic (exact) mass is 137 g/mol. The highest BCUT2D eigenvalue weighted by Gasteiger charge is 2.04. The molecule has 8 heavy (non-hydrogen) atoms. The van der Waals surface area contributed by atoms with E-state index in [2.05, 4.69) is 0 Å². The largest absolute Gasteiger partial charge is 0.748 e. The molecule has 3 nitrogen and oxygen atoms in total. The maximum atomic E-state index is 10.0. The van der Waals surface area contributed by atoms with Crippen molar-refractivity contribution in [1.82, 2.24) is 0 Å². The third-order valence-corrected chi connectivity index (χ3v) is 2.39. The molecule has 0 aromatic heterocycles. The Morgan fingerprint density at radius 2 is 2.00 bits per heavy atom. The van der Waals surface area contributed by atoms with Crippen LogP contribution in [-0.2, 0) is 10.1 Å². The highest BCUT2D eigenvalue weighted by Crippen LogP contribution is 1.99. The third-order valence-electron chi connectivity index (χ3n) is 1.07. The van der Waals surface area contributed by atoms with Crippen molar-refractivity contribution in [2.75, 3.05) is 0 Å². The zero-order valence-corrected chi connectivity index (χ0v) is 5.73. The normalized spacial score (nSPS) is 15.9. The van der Waals surface area contributed by atoms with Gasteiger partial charge < -0.3 is 4.55 Å². The zero-order valence-electron chi connectivity index (χ0n) is 4.92. The van der Waals surface area contributed by atoms with Crippen LogP contribution in [0.25, 0.3) is 0 Å². The fourth-order valence-electron chi connectivity index (χ4n) is 0.204. The first-order valence-corrected chi connectivity index (χ1v) is 3.90. The molecule has 0 fully saturated rings. The molecule has 0 aromatic carbocycles. The maximum Gasteiger partial charge on any atom is 0.0972 e. The molecule has 0 aliphatic rings. The van der Waals surface area contributed by atoms with Gasteiger partial charge in [0.15, 0.2) is 0 Å². The van der Waals surface area contributed by atoms with Gasteiger partial charge in [-0.1, -0.05) is 6.92 Å². The topological polar surface area (TPSA) is 57.2 Å². The van der Waals surface area contributed by atoms with Crippen molar-refractivity contribution >= 4 is 10.1 Å². The smallest absolute Gasteiger partial charge is 0.0972 e. The fourth-order valence-corrected chi connectivity index (χ4v) is 0.612. The summed E-state index contributed by atoms with van der Waals surface area (Å²) in [5.41, 5.74) is 0. The van der Waals surface area contributed by atoms with E-state index in [4.69, 9.17) is 0 Å². The predicted molar refractivity (Wildman–Crippen MR) is 29.5 cm³/mol. The van der Waals surface area contributed by atoms with Crippen LogP contribution in [0.4, 0.5) is 0 Å². The van der Waals surface area contributed by atoms with E-state index in [1.165, 1.54) is 6.92 Å². The summed E-state index contributed by atoms with van der Waals surface area (Å²) >= 11 is 0. The van der Waals surface area contributed by atoms with Crippen LogP contribution in [0.2, 0.25) is 0 Å². The average molecular weight is 137 g/mol. The first-order chi connectivity index (χ1) is 3.48. The zero-order chi connectivity index (χ0) is 6.78. The Balaban J connectivity index is 4.04. The molecule has 0 rings (SSSR count). The lowest BCUT2D eigenvalue weighted by molar-refractivity contribution is 0.449. The molecular formula is C4H9O3S-. The van der Waals surface area contributed by atoms with Gasteiger partial charge in [0.25, 0.3) is 0 Å². The van der Waals surface area contributed by atoms with Crippen molar-refractivity contribution < 1.29 is 13.0 Å². The second-order valence-electron chi connectivity index (χ2n) is 1.71. The number of hydrogen-bond acceptors (Lipinski definition) is 3. The molecule has 0 bridgehead atoms. The first-order valence-electron chi connectivity index (χ1n) is 2.43. The molecule has 0 radical (unpaired) electrons. The number of rotatable bonds is 2. The van der Waals surface area contributed by atoms with E-state index in [0.29, 0.717) is 6.42 Å². The lowest BCUT2D eigenvalue weighted by Crippen LogP contribution is -2.14. The summed E-state index contributed by atoms with van der Waals surface area (Å²) in [6.07, 6.45) is 0.395. The van der Waals surface area contributed by atoms with Gasteiger partial charge in [-0.2, -0.15) is 0 Å². The van der Waals surface area contributed by atoms with Crippen LogP contribution in [0, 0.1) is 0 Å². The van der Waals surface area contributed by atoms with E-state index < -0.39 is 15.4 Å². The average Bonchev–Trinajstić information content (AvgIpc) is 1.62. The molecule has 4 heteroatoms. The van der Waals surface area contributed by atoms with E-state index in [1.54, 1.807) is 6.92 Å². The van der Waals surface area contributed by atoms with Gasteiger partial charge in [0, 0.05) is 5.25 Å². The van der Waals surface area contributed by atoms with Gasteiger partial charge in [-0.05, 0) is 13.3 Å². The molecule has 1 unspecified atom stereocenters. The van der Waals surface area contributed by atoms with Crippen molar-refractivity contribution in [3.63, 3.8) is 0 Å². The minimum atomic E-state index is -4.00. The van der Waals surface area contributed by atoms with Gasteiger partial charge in [0.05, 0.1) is 10.1 Å². The minimum absolute atomic E-state index is 0.395. The van der Waals surface area contributed by atoms with Crippen molar-refractivity contribution in [1.29, 1.82) is 0 Å². The Morgan fingerprint density at radius 3 is 2.00 bits per heavy atom. The van der Waals surface area contributed by atoms with Crippen LogP contribution in [0.15, 0.2) is 0 Å². The Bertz CT molecular complexity index is 147. The van der Waals surface area contributed by atoms with Crippen LogP contribution < -0.4 is 0 Å². The highest BCUT2D eigenvalue weighted by atomic mass is 32.2. The Kier molecular flexibility index (Phi) is 2.43. The molecule has 0 saturated carbocycles. The molecule has 0 aliphatic heterocycles. The lowest BCUT2D eigenvalue weighted by Gasteiger charge is -2.12. The maximum absolute atomic E-state index is 10.0. The molecule has 0 heterocycles. The first kappa shape index (κ1) is 7.91. The predicted octanol–water partition coefficient (Wildman–Crippen LogP) is 0.330. The fraction of sp³-hybridized carbons (Fsp3) is 1.00. The highest BCUT2D eigenvalue weighted by molar-refractivity contribution is 7.86. The molecule has 0 amide bonds. The molecule has 0 aliphatic carbocycles. The van der Waals surface area contributed by atoms with Crippen molar-refractivity contribution in [3.05, 3.63) is 0 Å². The van der Waals surface area contributed by atoms with Crippen LogP contribution >= 0.6 is 0 Å². The molecule has 0 saturated heterocycles. The Labute approximate surface area is 49.5 Å². The summed E-state index contributed by atoms with van der Waals surface area (Å²) in [5.74, 6) is 0. The van der Waals surface area contributed by atoms with Gasteiger partial charge in [-0.25, -0.2) is 8.42 Å². The summed E-state index contributed by atoms with van der Waals surface area (Å²) in [5, 5.41) is -0.734. The number of hydrogen-bond donors (Lipinski definition) is 0. The van der Waals surface area contributed by atoms with E-state index in [0.717, 1.165) is 0 Å². The van der Waals surface area contributed by atoms with Crippen LogP contribution in [-0.4, -0.2) is 18.2 Å². The SMILES string of the molecule is CCC(C)S(=O)(=O)[O-]. The quantitative estimate of drug-likeness (QED) is 0.515. The van der Waals surface area contributed by atoms with Crippen LogP contribution in [0.3, 0.4) is 0 Å². The van der Waals surface area contributed by atoms with Crippen molar-refractivity contribution in [2.24, 2.45) is 0 Å². The summed E-state index contributed by atoms with van der Waals surface area (Å²) in [6, 6.07) is 0. The molecule has 0 aromatic rings. The van der Waals surface area contributed by atoms with Gasteiger partial charge in [0.2, 0.25) is 0 Å². The molecular weight excluding hydrogens is 128 g/mol. The van der Waals surface area contributed by atoms with E-state index in [9.17, 15) is 13.0 Å².